The molecule has 0 spiro atoms. The largest absolute Gasteiger partial charge is 0.454 e. The van der Waals surface area contributed by atoms with E-state index in [0.29, 0.717) is 11.8 Å². The van der Waals surface area contributed by atoms with Gasteiger partial charge < -0.3 is 4.74 Å². The van der Waals surface area contributed by atoms with Crippen LogP contribution in [0.4, 0.5) is 8.78 Å². The molecular weight excluding hydrogens is 238 g/mol. The first-order valence-corrected chi connectivity index (χ1v) is 5.29. The Morgan fingerprint density at radius 2 is 1.89 bits per heavy atom. The molecule has 0 amide bonds. The van der Waals surface area contributed by atoms with Crippen LogP contribution in [0.5, 0.6) is 11.5 Å². The monoisotopic (exact) mass is 248 g/mol. The van der Waals surface area contributed by atoms with Gasteiger partial charge in [0.25, 0.3) is 0 Å². The molecule has 4 heteroatoms. The lowest BCUT2D eigenvalue weighted by Gasteiger charge is -2.09. The van der Waals surface area contributed by atoms with Crippen molar-refractivity contribution in [2.45, 2.75) is 6.92 Å². The Bertz CT molecular complexity index is 594. The zero-order valence-corrected chi connectivity index (χ0v) is 9.61. The van der Waals surface area contributed by atoms with Crippen LogP contribution in [0.2, 0.25) is 0 Å². The molecule has 0 aromatic heterocycles. The van der Waals surface area contributed by atoms with Crippen LogP contribution in [-0.2, 0) is 0 Å². The first-order valence-electron chi connectivity index (χ1n) is 5.29. The SMILES string of the molecule is Cc1cc(Oc2c(F)cccc2C=O)ccc1F. The second kappa shape index (κ2) is 4.96. The quantitative estimate of drug-likeness (QED) is 0.770. The van der Waals surface area contributed by atoms with Crippen molar-refractivity contribution in [1.82, 2.24) is 0 Å². The van der Waals surface area contributed by atoms with Gasteiger partial charge in [-0.25, -0.2) is 8.78 Å². The average molecular weight is 248 g/mol. The summed E-state index contributed by atoms with van der Waals surface area (Å²) in [6.07, 6.45) is 0.509. The molecule has 92 valence electrons. The molecule has 0 aliphatic heterocycles. The van der Waals surface area contributed by atoms with Gasteiger partial charge in [-0.3, -0.25) is 4.79 Å². The molecule has 2 aromatic rings. The normalized spacial score (nSPS) is 10.2. The Hall–Kier alpha value is -2.23. The molecule has 0 saturated carbocycles. The molecule has 0 aliphatic rings. The number of aldehydes is 1. The smallest absolute Gasteiger partial charge is 0.173 e. The predicted molar refractivity (Wildman–Crippen MR) is 63.0 cm³/mol. The minimum absolute atomic E-state index is 0.108. The fourth-order valence-corrected chi connectivity index (χ4v) is 1.52. The third kappa shape index (κ3) is 2.37. The zero-order valence-electron chi connectivity index (χ0n) is 9.61. The Kier molecular flexibility index (Phi) is 3.37. The second-order valence-corrected chi connectivity index (χ2v) is 3.79. The van der Waals surface area contributed by atoms with E-state index in [1.54, 1.807) is 6.92 Å². The summed E-state index contributed by atoms with van der Waals surface area (Å²) in [4.78, 5) is 10.8. The van der Waals surface area contributed by atoms with Gasteiger partial charge in [-0.15, -0.1) is 0 Å². The van der Waals surface area contributed by atoms with Crippen molar-refractivity contribution < 1.29 is 18.3 Å². The number of aryl methyl sites for hydroxylation is 1. The first kappa shape index (κ1) is 12.2. The van der Waals surface area contributed by atoms with Gasteiger partial charge in [0.2, 0.25) is 0 Å². The molecule has 0 saturated heterocycles. The van der Waals surface area contributed by atoms with Crippen LogP contribution < -0.4 is 4.74 Å². The molecule has 2 aromatic carbocycles. The number of benzene rings is 2. The molecule has 18 heavy (non-hydrogen) atoms. The van der Waals surface area contributed by atoms with E-state index in [9.17, 15) is 13.6 Å². The molecule has 0 bridgehead atoms. The number of hydrogen-bond donors (Lipinski definition) is 0. The van der Waals surface area contributed by atoms with E-state index in [0.717, 1.165) is 0 Å². The number of ether oxygens (including phenoxy) is 1. The van der Waals surface area contributed by atoms with Crippen molar-refractivity contribution in [1.29, 1.82) is 0 Å². The summed E-state index contributed by atoms with van der Waals surface area (Å²) in [6, 6.07) is 8.11. The van der Waals surface area contributed by atoms with E-state index in [-0.39, 0.29) is 22.9 Å². The van der Waals surface area contributed by atoms with Gasteiger partial charge in [-0.2, -0.15) is 0 Å². The number of para-hydroxylation sites is 1. The number of carbonyl (C=O) groups excluding carboxylic acids is 1. The van der Waals surface area contributed by atoms with Gasteiger partial charge in [-0.05, 0) is 42.8 Å². The minimum Gasteiger partial charge on any atom is -0.454 e. The number of rotatable bonds is 3. The van der Waals surface area contributed by atoms with Crippen molar-refractivity contribution in [3.63, 3.8) is 0 Å². The van der Waals surface area contributed by atoms with Gasteiger partial charge in [-0.1, -0.05) is 6.07 Å². The Balaban J connectivity index is 2.39. The van der Waals surface area contributed by atoms with Crippen molar-refractivity contribution in [3.8, 4) is 11.5 Å². The Labute approximate surface area is 103 Å². The van der Waals surface area contributed by atoms with E-state index in [1.807, 2.05) is 0 Å². The predicted octanol–water partition coefficient (Wildman–Crippen LogP) is 3.88. The lowest BCUT2D eigenvalue weighted by atomic mass is 10.2. The van der Waals surface area contributed by atoms with Crippen LogP contribution in [0.3, 0.4) is 0 Å². The summed E-state index contributed by atoms with van der Waals surface area (Å²) in [5.41, 5.74) is 0.494. The van der Waals surface area contributed by atoms with Crippen LogP contribution in [0.25, 0.3) is 0 Å². The van der Waals surface area contributed by atoms with Crippen LogP contribution in [0.15, 0.2) is 36.4 Å². The van der Waals surface area contributed by atoms with E-state index >= 15 is 0 Å². The topological polar surface area (TPSA) is 26.3 Å². The fraction of sp³-hybridized carbons (Fsp3) is 0.0714. The molecule has 0 aliphatic carbocycles. The van der Waals surface area contributed by atoms with Crippen molar-refractivity contribution >= 4 is 6.29 Å². The molecule has 2 nitrogen and oxygen atoms in total. The molecule has 0 fully saturated rings. The van der Waals surface area contributed by atoms with E-state index in [4.69, 9.17) is 4.74 Å². The third-order valence-electron chi connectivity index (χ3n) is 2.47. The number of carbonyl (C=O) groups is 1. The minimum atomic E-state index is -0.637. The van der Waals surface area contributed by atoms with E-state index in [1.165, 1.54) is 36.4 Å². The van der Waals surface area contributed by atoms with E-state index in [2.05, 4.69) is 0 Å². The van der Waals surface area contributed by atoms with Gasteiger partial charge in [0.05, 0.1) is 5.56 Å². The summed E-state index contributed by atoms with van der Waals surface area (Å²) >= 11 is 0. The molecule has 0 N–H and O–H groups in total. The standard InChI is InChI=1S/C14H10F2O2/c1-9-7-11(5-6-12(9)15)18-14-10(8-17)3-2-4-13(14)16/h2-8H,1H3. The highest BCUT2D eigenvalue weighted by atomic mass is 19.1. The summed E-state index contributed by atoms with van der Waals surface area (Å²) in [7, 11) is 0. The van der Waals surface area contributed by atoms with Crippen LogP contribution in [0.1, 0.15) is 15.9 Å². The van der Waals surface area contributed by atoms with Crippen LogP contribution >= 0.6 is 0 Å². The second-order valence-electron chi connectivity index (χ2n) is 3.79. The van der Waals surface area contributed by atoms with Crippen LogP contribution in [-0.4, -0.2) is 6.29 Å². The highest BCUT2D eigenvalue weighted by Gasteiger charge is 2.11. The lowest BCUT2D eigenvalue weighted by Crippen LogP contribution is -1.94. The molecular formula is C14H10F2O2. The number of halogens is 2. The summed E-state index contributed by atoms with van der Waals surface area (Å²) < 4.78 is 31.9. The molecule has 0 unspecified atom stereocenters. The molecule has 0 radical (unpaired) electrons. The third-order valence-corrected chi connectivity index (χ3v) is 2.47. The molecule has 0 atom stereocenters. The summed E-state index contributed by atoms with van der Waals surface area (Å²) in [5.74, 6) is -0.881. The van der Waals surface area contributed by atoms with Crippen molar-refractivity contribution in [2.24, 2.45) is 0 Å². The maximum Gasteiger partial charge on any atom is 0.173 e. The highest BCUT2D eigenvalue weighted by Crippen LogP contribution is 2.28. The van der Waals surface area contributed by atoms with Gasteiger partial charge >= 0.3 is 0 Å². The van der Waals surface area contributed by atoms with Gasteiger partial charge in [0, 0.05) is 0 Å². The van der Waals surface area contributed by atoms with Gasteiger partial charge in [0.1, 0.15) is 11.6 Å². The average Bonchev–Trinajstić information content (AvgIpc) is 2.36. The fourth-order valence-electron chi connectivity index (χ4n) is 1.52. The first-order chi connectivity index (χ1) is 8.61. The number of hydrogen-bond acceptors (Lipinski definition) is 2. The van der Waals surface area contributed by atoms with Gasteiger partial charge in [0.15, 0.2) is 17.9 Å². The van der Waals surface area contributed by atoms with E-state index < -0.39 is 5.82 Å². The molecule has 0 heterocycles. The van der Waals surface area contributed by atoms with Crippen molar-refractivity contribution in [3.05, 3.63) is 59.2 Å². The maximum absolute atomic E-state index is 13.5. The van der Waals surface area contributed by atoms with Crippen LogP contribution in [0, 0.1) is 18.6 Å². The zero-order chi connectivity index (χ0) is 13.1. The maximum atomic E-state index is 13.5. The highest BCUT2D eigenvalue weighted by molar-refractivity contribution is 5.79. The summed E-state index contributed by atoms with van der Waals surface area (Å²) in [5, 5.41) is 0. The Morgan fingerprint density at radius 1 is 1.11 bits per heavy atom. The lowest BCUT2D eigenvalue weighted by molar-refractivity contribution is 0.112. The van der Waals surface area contributed by atoms with Crippen molar-refractivity contribution in [2.75, 3.05) is 0 Å². The Morgan fingerprint density at radius 3 is 2.56 bits per heavy atom. The molecule has 2 rings (SSSR count). The summed E-state index contributed by atoms with van der Waals surface area (Å²) in [6.45, 7) is 1.57.